The van der Waals surface area contributed by atoms with Crippen LogP contribution < -0.4 is 5.56 Å². The molecule has 0 atom stereocenters. The van der Waals surface area contributed by atoms with E-state index in [1.54, 1.807) is 12.1 Å². The first kappa shape index (κ1) is 10.8. The monoisotopic (exact) mass is 239 g/mol. The van der Waals surface area contributed by atoms with E-state index in [0.29, 0.717) is 5.39 Å². The highest BCUT2D eigenvalue weighted by Gasteiger charge is 2.09. The van der Waals surface area contributed by atoms with E-state index in [4.69, 9.17) is 0 Å². The molecular formula is C15H13NO2. The Bertz CT molecular complexity index is 831. The van der Waals surface area contributed by atoms with Gasteiger partial charge in [0.2, 0.25) is 0 Å². The van der Waals surface area contributed by atoms with Gasteiger partial charge < -0.3 is 10.1 Å². The molecule has 2 aromatic carbocycles. The highest BCUT2D eigenvalue weighted by Crippen LogP contribution is 2.28. The summed E-state index contributed by atoms with van der Waals surface area (Å²) in [5, 5.41) is 12.2. The van der Waals surface area contributed by atoms with Gasteiger partial charge in [-0.05, 0) is 42.5 Å². The Morgan fingerprint density at radius 3 is 2.61 bits per heavy atom. The van der Waals surface area contributed by atoms with Crippen LogP contribution in [0.3, 0.4) is 0 Å². The number of fused-ring (bicyclic) bond motifs is 3. The Hall–Kier alpha value is -2.29. The predicted molar refractivity (Wildman–Crippen MR) is 73.2 cm³/mol. The normalized spacial score (nSPS) is 11.2. The largest absolute Gasteiger partial charge is 0.508 e. The SMILES string of the molecule is Cc1cc(O)cc2c1[nH]c(=O)c1c(C)cccc12. The molecule has 0 radical (unpaired) electrons. The summed E-state index contributed by atoms with van der Waals surface area (Å²) in [6.07, 6.45) is 0. The first-order valence-electron chi connectivity index (χ1n) is 5.83. The number of aromatic hydroxyl groups is 1. The average Bonchev–Trinajstić information content (AvgIpc) is 2.31. The van der Waals surface area contributed by atoms with E-state index in [2.05, 4.69) is 4.98 Å². The number of pyridine rings is 1. The number of phenolic OH excluding ortho intramolecular Hbond substituents is 1. The molecule has 0 saturated carbocycles. The molecule has 3 aromatic rings. The Kier molecular flexibility index (Phi) is 2.17. The van der Waals surface area contributed by atoms with Gasteiger partial charge in [-0.15, -0.1) is 0 Å². The molecule has 1 heterocycles. The number of H-pyrrole nitrogens is 1. The highest BCUT2D eigenvalue weighted by atomic mass is 16.3. The van der Waals surface area contributed by atoms with E-state index in [1.807, 2.05) is 32.0 Å². The third-order valence-electron chi connectivity index (χ3n) is 3.35. The van der Waals surface area contributed by atoms with E-state index < -0.39 is 0 Å². The number of aryl methyl sites for hydroxylation is 2. The van der Waals surface area contributed by atoms with Crippen molar-refractivity contribution in [1.29, 1.82) is 0 Å². The Morgan fingerprint density at radius 2 is 1.83 bits per heavy atom. The summed E-state index contributed by atoms with van der Waals surface area (Å²) in [4.78, 5) is 15.0. The molecule has 0 aliphatic rings. The number of rotatable bonds is 0. The second-order valence-corrected chi connectivity index (χ2v) is 4.64. The first-order valence-corrected chi connectivity index (χ1v) is 5.83. The number of aromatic amines is 1. The molecule has 0 aliphatic heterocycles. The summed E-state index contributed by atoms with van der Waals surface area (Å²) >= 11 is 0. The number of hydrogen-bond acceptors (Lipinski definition) is 2. The summed E-state index contributed by atoms with van der Waals surface area (Å²) in [5.74, 6) is 0.217. The molecule has 2 N–H and O–H groups in total. The molecule has 0 spiro atoms. The molecule has 0 unspecified atom stereocenters. The van der Waals surface area contributed by atoms with Crippen molar-refractivity contribution >= 4 is 21.7 Å². The molecule has 0 saturated heterocycles. The minimum atomic E-state index is -0.0793. The van der Waals surface area contributed by atoms with Crippen LogP contribution in [0.15, 0.2) is 35.1 Å². The lowest BCUT2D eigenvalue weighted by Crippen LogP contribution is -2.08. The van der Waals surface area contributed by atoms with Crippen LogP contribution in [0.4, 0.5) is 0 Å². The average molecular weight is 239 g/mol. The van der Waals surface area contributed by atoms with Crippen LogP contribution in [0.1, 0.15) is 11.1 Å². The van der Waals surface area contributed by atoms with Crippen LogP contribution in [0, 0.1) is 13.8 Å². The van der Waals surface area contributed by atoms with Crippen molar-refractivity contribution in [3.05, 3.63) is 51.8 Å². The van der Waals surface area contributed by atoms with E-state index >= 15 is 0 Å². The third kappa shape index (κ3) is 1.40. The second kappa shape index (κ2) is 3.60. The lowest BCUT2D eigenvalue weighted by molar-refractivity contribution is 0.476. The minimum Gasteiger partial charge on any atom is -0.508 e. The van der Waals surface area contributed by atoms with Crippen molar-refractivity contribution < 1.29 is 5.11 Å². The first-order chi connectivity index (χ1) is 8.58. The van der Waals surface area contributed by atoms with Gasteiger partial charge in [-0.2, -0.15) is 0 Å². The van der Waals surface area contributed by atoms with E-state index in [-0.39, 0.29) is 11.3 Å². The molecule has 18 heavy (non-hydrogen) atoms. The molecular weight excluding hydrogens is 226 g/mol. The van der Waals surface area contributed by atoms with Gasteiger partial charge in [0.05, 0.1) is 10.9 Å². The van der Waals surface area contributed by atoms with Gasteiger partial charge in [0.15, 0.2) is 0 Å². The van der Waals surface area contributed by atoms with E-state index in [0.717, 1.165) is 27.4 Å². The van der Waals surface area contributed by atoms with Gasteiger partial charge in [-0.3, -0.25) is 4.79 Å². The molecule has 0 aliphatic carbocycles. The van der Waals surface area contributed by atoms with Crippen molar-refractivity contribution in [3.8, 4) is 5.75 Å². The topological polar surface area (TPSA) is 53.1 Å². The maximum Gasteiger partial charge on any atom is 0.256 e. The van der Waals surface area contributed by atoms with Crippen LogP contribution in [-0.2, 0) is 0 Å². The van der Waals surface area contributed by atoms with Crippen molar-refractivity contribution in [2.75, 3.05) is 0 Å². The van der Waals surface area contributed by atoms with Crippen molar-refractivity contribution in [3.63, 3.8) is 0 Å². The zero-order valence-electron chi connectivity index (χ0n) is 10.2. The smallest absolute Gasteiger partial charge is 0.256 e. The van der Waals surface area contributed by atoms with Crippen LogP contribution in [0.2, 0.25) is 0 Å². The number of benzene rings is 2. The Labute approximate surface area is 104 Å². The quantitative estimate of drug-likeness (QED) is 0.592. The maximum atomic E-state index is 12.1. The number of phenols is 1. The maximum absolute atomic E-state index is 12.1. The van der Waals surface area contributed by atoms with E-state index in [1.165, 1.54) is 0 Å². The van der Waals surface area contributed by atoms with Gasteiger partial charge in [-0.25, -0.2) is 0 Å². The van der Waals surface area contributed by atoms with Crippen LogP contribution in [-0.4, -0.2) is 10.1 Å². The molecule has 3 heteroatoms. The summed E-state index contributed by atoms with van der Waals surface area (Å²) in [6, 6.07) is 9.10. The molecule has 1 aromatic heterocycles. The Morgan fingerprint density at radius 1 is 1.06 bits per heavy atom. The second-order valence-electron chi connectivity index (χ2n) is 4.64. The Balaban J connectivity index is 2.70. The zero-order valence-corrected chi connectivity index (χ0v) is 10.2. The molecule has 0 amide bonds. The van der Waals surface area contributed by atoms with Gasteiger partial charge in [0.25, 0.3) is 5.56 Å². The van der Waals surface area contributed by atoms with Gasteiger partial charge in [0, 0.05) is 5.39 Å². The van der Waals surface area contributed by atoms with E-state index in [9.17, 15) is 9.90 Å². The predicted octanol–water partition coefficient (Wildman–Crippen LogP) is 3.00. The fourth-order valence-electron chi connectivity index (χ4n) is 2.52. The van der Waals surface area contributed by atoms with Crippen LogP contribution >= 0.6 is 0 Å². The van der Waals surface area contributed by atoms with Crippen molar-refractivity contribution in [2.45, 2.75) is 13.8 Å². The summed E-state index contributed by atoms with van der Waals surface area (Å²) in [5.41, 5.74) is 2.52. The molecule has 0 fully saturated rings. The highest BCUT2D eigenvalue weighted by molar-refractivity contribution is 6.07. The van der Waals surface area contributed by atoms with Crippen molar-refractivity contribution in [2.24, 2.45) is 0 Å². The summed E-state index contributed by atoms with van der Waals surface area (Å²) in [6.45, 7) is 3.79. The lowest BCUT2D eigenvalue weighted by atomic mass is 10.0. The fourth-order valence-corrected chi connectivity index (χ4v) is 2.52. The molecule has 3 rings (SSSR count). The minimum absolute atomic E-state index is 0.0793. The summed E-state index contributed by atoms with van der Waals surface area (Å²) in [7, 11) is 0. The molecule has 90 valence electrons. The fraction of sp³-hybridized carbons (Fsp3) is 0.133. The summed E-state index contributed by atoms with van der Waals surface area (Å²) < 4.78 is 0. The number of nitrogens with one attached hydrogen (secondary N) is 1. The van der Waals surface area contributed by atoms with Crippen LogP contribution in [0.25, 0.3) is 21.7 Å². The van der Waals surface area contributed by atoms with Gasteiger partial charge in [0.1, 0.15) is 5.75 Å². The van der Waals surface area contributed by atoms with Crippen molar-refractivity contribution in [1.82, 2.24) is 4.98 Å². The van der Waals surface area contributed by atoms with Gasteiger partial charge in [-0.1, -0.05) is 18.2 Å². The third-order valence-corrected chi connectivity index (χ3v) is 3.35. The van der Waals surface area contributed by atoms with Crippen LogP contribution in [0.5, 0.6) is 5.75 Å². The zero-order chi connectivity index (χ0) is 12.9. The molecule has 3 nitrogen and oxygen atoms in total. The lowest BCUT2D eigenvalue weighted by Gasteiger charge is -2.08. The van der Waals surface area contributed by atoms with Gasteiger partial charge >= 0.3 is 0 Å². The molecule has 0 bridgehead atoms. The number of aromatic nitrogens is 1. The standard InChI is InChI=1S/C15H13NO2/c1-8-4-3-5-11-12-7-10(17)6-9(2)14(12)16-15(18)13(8)11/h3-7,17H,1-2H3,(H,16,18). The number of hydrogen-bond donors (Lipinski definition) is 2.